The molecule has 0 spiro atoms. The lowest BCUT2D eigenvalue weighted by Gasteiger charge is -2.68. The molecule has 1 aromatic heterocycles. The van der Waals surface area contributed by atoms with Gasteiger partial charge in [-0.05, 0) is 30.2 Å². The molecule has 2 bridgehead atoms. The van der Waals surface area contributed by atoms with Gasteiger partial charge >= 0.3 is 5.70 Å². The van der Waals surface area contributed by atoms with Crippen LogP contribution >= 0.6 is 0 Å². The number of hydrogen-bond acceptors (Lipinski definition) is 5. The van der Waals surface area contributed by atoms with Crippen LogP contribution in [0.25, 0.3) is 10.6 Å². The first-order chi connectivity index (χ1) is 13.4. The maximum absolute atomic E-state index is 12.4. The number of benzene rings is 1. The monoisotopic (exact) mass is 373 g/mol. The fourth-order valence-corrected chi connectivity index (χ4v) is 4.75. The van der Waals surface area contributed by atoms with E-state index in [9.17, 15) is 9.90 Å². The second kappa shape index (κ2) is 6.35. The van der Waals surface area contributed by atoms with Crippen molar-refractivity contribution < 1.29 is 14.4 Å². The summed E-state index contributed by atoms with van der Waals surface area (Å²) in [6.07, 6.45) is 3.92. The molecule has 2 aromatic rings. The van der Waals surface area contributed by atoms with Gasteiger partial charge in [0.15, 0.2) is 0 Å². The van der Waals surface area contributed by atoms with Gasteiger partial charge in [-0.2, -0.15) is 0 Å². The van der Waals surface area contributed by atoms with Crippen molar-refractivity contribution in [2.75, 3.05) is 0 Å². The summed E-state index contributed by atoms with van der Waals surface area (Å²) in [5, 5.41) is 22.9. The minimum atomic E-state index is -0.359. The van der Waals surface area contributed by atoms with Crippen LogP contribution < -0.4 is 0 Å². The van der Waals surface area contributed by atoms with E-state index in [4.69, 9.17) is 16.4 Å². The third-order valence-corrected chi connectivity index (χ3v) is 5.84. The Hall–Kier alpha value is -3.38. The molecule has 3 fully saturated rings. The first-order valence-corrected chi connectivity index (χ1v) is 9.14. The normalized spacial score (nSPS) is 25.5. The van der Waals surface area contributed by atoms with E-state index >= 15 is 0 Å². The predicted molar refractivity (Wildman–Crippen MR) is 101 cm³/mol. The van der Waals surface area contributed by atoms with Gasteiger partial charge in [-0.25, -0.2) is 10.1 Å². The van der Waals surface area contributed by atoms with Crippen molar-refractivity contribution in [1.82, 2.24) is 5.16 Å². The molecule has 140 valence electrons. The summed E-state index contributed by atoms with van der Waals surface area (Å²) < 4.78 is 5.39. The standard InChI is InChI=1S/C22H19N3O3/c1-21-11-22(12-21,13-21)19-9-17(28-25-19)8-16(26)7-14-3-5-15(6-4-14)20(27)18(10-23)24-2/h3-6,9,27H,7-8,11-13H2,1H3/b20-18-. The number of aliphatic hydroxyl groups excluding tert-OH is 1. The van der Waals surface area contributed by atoms with Crippen molar-refractivity contribution in [3.8, 4) is 6.07 Å². The Bertz CT molecular complexity index is 1030. The average molecular weight is 373 g/mol. The van der Waals surface area contributed by atoms with Crippen LogP contribution in [-0.4, -0.2) is 16.0 Å². The first-order valence-electron chi connectivity index (χ1n) is 9.14. The summed E-state index contributed by atoms with van der Waals surface area (Å²) in [4.78, 5) is 15.4. The Kier molecular flexibility index (Phi) is 4.08. The number of ketones is 1. The predicted octanol–water partition coefficient (Wildman–Crippen LogP) is 4.14. The summed E-state index contributed by atoms with van der Waals surface area (Å²) >= 11 is 0. The number of aromatic nitrogens is 1. The maximum Gasteiger partial charge on any atom is 0.303 e. The van der Waals surface area contributed by atoms with Crippen molar-refractivity contribution in [3.05, 3.63) is 70.0 Å². The number of allylic oxidation sites excluding steroid dienone is 1. The van der Waals surface area contributed by atoms with Gasteiger partial charge in [0.2, 0.25) is 0 Å². The summed E-state index contributed by atoms with van der Waals surface area (Å²) in [5.74, 6) is 0.258. The largest absolute Gasteiger partial charge is 0.518 e. The molecule has 0 aliphatic heterocycles. The van der Waals surface area contributed by atoms with E-state index in [1.165, 1.54) is 0 Å². The Morgan fingerprint density at radius 2 is 2.00 bits per heavy atom. The molecule has 5 rings (SSSR count). The summed E-state index contributed by atoms with van der Waals surface area (Å²) in [5.41, 5.74) is 2.47. The van der Waals surface area contributed by atoms with E-state index in [0.29, 0.717) is 16.7 Å². The summed E-state index contributed by atoms with van der Waals surface area (Å²) in [6.45, 7) is 9.17. The van der Waals surface area contributed by atoms with Crippen LogP contribution in [0.1, 0.15) is 48.8 Å². The Morgan fingerprint density at radius 1 is 1.32 bits per heavy atom. The van der Waals surface area contributed by atoms with Crippen LogP contribution in [0.4, 0.5) is 0 Å². The highest BCUT2D eigenvalue weighted by Crippen LogP contribution is 2.73. The van der Waals surface area contributed by atoms with Crippen LogP contribution in [0.5, 0.6) is 0 Å². The second-order valence-corrected chi connectivity index (χ2v) is 8.31. The van der Waals surface area contributed by atoms with Gasteiger partial charge in [-0.1, -0.05) is 36.3 Å². The molecule has 0 saturated heterocycles. The van der Waals surface area contributed by atoms with E-state index in [0.717, 1.165) is 30.5 Å². The van der Waals surface area contributed by atoms with E-state index in [1.54, 1.807) is 30.3 Å². The van der Waals surface area contributed by atoms with Crippen molar-refractivity contribution >= 4 is 11.5 Å². The molecule has 3 aliphatic carbocycles. The lowest BCUT2D eigenvalue weighted by molar-refractivity contribution is -0.129. The highest BCUT2D eigenvalue weighted by molar-refractivity contribution is 5.82. The fraction of sp³-hybridized carbons (Fsp3) is 0.364. The lowest BCUT2D eigenvalue weighted by atomic mass is 9.35. The van der Waals surface area contributed by atoms with Gasteiger partial charge in [-0.3, -0.25) is 4.79 Å². The zero-order chi connectivity index (χ0) is 19.9. The highest BCUT2D eigenvalue weighted by atomic mass is 16.5. The zero-order valence-corrected chi connectivity index (χ0v) is 15.5. The Labute approximate surface area is 162 Å². The number of Topliss-reactive ketones (excluding diaryl/α,β-unsaturated/α-hetero) is 1. The second-order valence-electron chi connectivity index (χ2n) is 8.31. The van der Waals surface area contributed by atoms with Crippen molar-refractivity contribution in [1.29, 1.82) is 5.26 Å². The lowest BCUT2D eigenvalue weighted by Crippen LogP contribution is -2.63. The SMILES string of the molecule is [C-]#[N+]/C(C#N)=C(\O)c1ccc(CC(=O)Cc2cc(C34CC(C)(C3)C4)no2)cc1. The number of nitriles is 1. The van der Waals surface area contributed by atoms with E-state index in [-0.39, 0.29) is 35.5 Å². The van der Waals surface area contributed by atoms with Crippen molar-refractivity contribution in [3.63, 3.8) is 0 Å². The molecule has 0 atom stereocenters. The zero-order valence-electron chi connectivity index (χ0n) is 15.5. The number of nitrogens with zero attached hydrogens (tertiary/aromatic N) is 3. The molecule has 1 aromatic carbocycles. The first kappa shape index (κ1) is 18.0. The molecule has 0 radical (unpaired) electrons. The topological polar surface area (TPSA) is 91.5 Å². The van der Waals surface area contributed by atoms with E-state index in [1.807, 2.05) is 6.07 Å². The van der Waals surface area contributed by atoms with Crippen LogP contribution in [0, 0.1) is 23.3 Å². The van der Waals surface area contributed by atoms with Crippen LogP contribution in [0.15, 0.2) is 40.6 Å². The van der Waals surface area contributed by atoms with Crippen LogP contribution in [0.2, 0.25) is 0 Å². The van der Waals surface area contributed by atoms with Crippen LogP contribution in [0.3, 0.4) is 0 Å². The number of rotatable bonds is 6. The summed E-state index contributed by atoms with van der Waals surface area (Å²) in [6, 6.07) is 10.2. The van der Waals surface area contributed by atoms with E-state index in [2.05, 4.69) is 16.9 Å². The van der Waals surface area contributed by atoms with Gasteiger partial charge in [0.1, 0.15) is 17.3 Å². The number of hydrogen-bond donors (Lipinski definition) is 1. The highest BCUT2D eigenvalue weighted by Gasteiger charge is 2.66. The minimum Gasteiger partial charge on any atom is -0.518 e. The molecule has 1 N–H and O–H groups in total. The molecule has 6 nitrogen and oxygen atoms in total. The van der Waals surface area contributed by atoms with Gasteiger partial charge in [0, 0.05) is 23.5 Å². The van der Waals surface area contributed by atoms with Gasteiger partial charge in [0.25, 0.3) is 0 Å². The Morgan fingerprint density at radius 3 is 2.57 bits per heavy atom. The molecule has 6 heteroatoms. The van der Waals surface area contributed by atoms with Gasteiger partial charge in [-0.15, -0.1) is 0 Å². The molecule has 0 unspecified atom stereocenters. The smallest absolute Gasteiger partial charge is 0.303 e. The number of carbonyl (C=O) groups is 1. The maximum atomic E-state index is 12.4. The molecule has 0 amide bonds. The molecular formula is C22H19N3O3. The number of carbonyl (C=O) groups excluding carboxylic acids is 1. The molecular weight excluding hydrogens is 354 g/mol. The van der Waals surface area contributed by atoms with Gasteiger partial charge < -0.3 is 9.63 Å². The average Bonchev–Trinajstić information content (AvgIpc) is 3.08. The quantitative estimate of drug-likeness (QED) is 0.467. The van der Waals surface area contributed by atoms with Gasteiger partial charge in [0.05, 0.1) is 24.8 Å². The van der Waals surface area contributed by atoms with E-state index < -0.39 is 0 Å². The molecule has 28 heavy (non-hydrogen) atoms. The molecule has 1 heterocycles. The minimum absolute atomic E-state index is 0.0126. The molecule has 3 aliphatic rings. The summed E-state index contributed by atoms with van der Waals surface area (Å²) in [7, 11) is 0. The third kappa shape index (κ3) is 2.97. The van der Waals surface area contributed by atoms with Crippen molar-refractivity contribution in [2.45, 2.75) is 44.4 Å². The third-order valence-electron chi connectivity index (χ3n) is 5.84. The Balaban J connectivity index is 1.37. The molecule has 3 saturated carbocycles. The fourth-order valence-electron chi connectivity index (χ4n) is 4.75. The number of aliphatic hydroxyl groups is 1. The van der Waals surface area contributed by atoms with Crippen LogP contribution in [-0.2, 0) is 23.1 Å². The van der Waals surface area contributed by atoms with Crippen molar-refractivity contribution in [2.24, 2.45) is 5.41 Å².